The summed E-state index contributed by atoms with van der Waals surface area (Å²) in [6.07, 6.45) is 0.774. The predicted octanol–water partition coefficient (Wildman–Crippen LogP) is 3.16. The van der Waals surface area contributed by atoms with Gasteiger partial charge in [0.05, 0.1) is 12.2 Å². The normalized spacial score (nSPS) is 18.1. The predicted molar refractivity (Wildman–Crippen MR) is 149 cm³/mol. The topological polar surface area (TPSA) is 74.5 Å². The Labute approximate surface area is 218 Å². The molecule has 1 saturated heterocycles. The molecule has 2 aliphatic heterocycles. The number of anilines is 2. The maximum atomic E-state index is 12.7. The van der Waals surface area contributed by atoms with Crippen molar-refractivity contribution in [2.45, 2.75) is 39.0 Å². The van der Waals surface area contributed by atoms with Crippen LogP contribution >= 0.6 is 0 Å². The van der Waals surface area contributed by atoms with Crippen LogP contribution in [0.1, 0.15) is 37.4 Å². The first kappa shape index (κ1) is 25.3. The van der Waals surface area contributed by atoms with Crippen LogP contribution in [0.4, 0.5) is 11.5 Å². The fourth-order valence-corrected chi connectivity index (χ4v) is 5.54. The number of rotatable bonds is 8. The molecular formula is C29H38N6O2. The largest absolute Gasteiger partial charge is 0.358 e. The number of hydrogen-bond acceptors (Lipinski definition) is 6. The highest BCUT2D eigenvalue weighted by atomic mass is 16.2. The number of fused-ring (bicyclic) bond motifs is 1. The summed E-state index contributed by atoms with van der Waals surface area (Å²) in [4.78, 5) is 30.5. The molecule has 196 valence electrons. The minimum Gasteiger partial charge on any atom is -0.358 e. The zero-order chi connectivity index (χ0) is 25.9. The smallest absolute Gasteiger partial charge is 0.332 e. The molecule has 0 amide bonds. The van der Waals surface area contributed by atoms with Crippen LogP contribution in [0.2, 0.25) is 0 Å². The van der Waals surface area contributed by atoms with E-state index in [4.69, 9.17) is 0 Å². The molecule has 2 aliphatic rings. The molecule has 2 N–H and O–H groups in total. The first-order chi connectivity index (χ1) is 17.9. The van der Waals surface area contributed by atoms with Gasteiger partial charge in [-0.3, -0.25) is 18.8 Å². The standard InChI is InChI=1S/C29H38N6O2/c1-21(2)20-35-27-25(28(36)32(3)29(35)37)30-24(31-27)14-15-33-16-18-34(19-17-33)26(22-10-6-4-7-11-22)23-12-8-5-9-13-23/h4-13,21,24,26,30-31H,14-20H2,1-3H3. The number of nitrogens with zero attached hydrogens (tertiary/aromatic N) is 4. The second-order valence-electron chi connectivity index (χ2n) is 10.6. The van der Waals surface area contributed by atoms with Gasteiger partial charge in [0.2, 0.25) is 0 Å². The van der Waals surface area contributed by atoms with Gasteiger partial charge in [0.25, 0.3) is 5.56 Å². The van der Waals surface area contributed by atoms with Crippen LogP contribution in [-0.2, 0) is 13.6 Å². The van der Waals surface area contributed by atoms with E-state index in [1.54, 1.807) is 11.6 Å². The van der Waals surface area contributed by atoms with Crippen LogP contribution in [-0.4, -0.2) is 57.8 Å². The molecular weight excluding hydrogens is 464 g/mol. The summed E-state index contributed by atoms with van der Waals surface area (Å²) in [6, 6.07) is 21.8. The summed E-state index contributed by atoms with van der Waals surface area (Å²) >= 11 is 0. The Kier molecular flexibility index (Phi) is 7.48. The van der Waals surface area contributed by atoms with Crippen molar-refractivity contribution in [2.75, 3.05) is 43.4 Å². The van der Waals surface area contributed by atoms with Crippen molar-refractivity contribution in [1.29, 1.82) is 0 Å². The number of aromatic nitrogens is 2. The van der Waals surface area contributed by atoms with E-state index < -0.39 is 0 Å². The zero-order valence-electron chi connectivity index (χ0n) is 22.1. The fraction of sp³-hybridized carbons (Fsp3) is 0.448. The summed E-state index contributed by atoms with van der Waals surface area (Å²) in [7, 11) is 1.55. The highest BCUT2D eigenvalue weighted by Crippen LogP contribution is 2.30. The average Bonchev–Trinajstić information content (AvgIpc) is 3.35. The Morgan fingerprint density at radius 1 is 0.865 bits per heavy atom. The molecule has 0 aliphatic carbocycles. The van der Waals surface area contributed by atoms with Gasteiger partial charge in [0.15, 0.2) is 0 Å². The molecule has 0 bridgehead atoms. The Morgan fingerprint density at radius 3 is 2.03 bits per heavy atom. The van der Waals surface area contributed by atoms with Gasteiger partial charge in [-0.1, -0.05) is 74.5 Å². The van der Waals surface area contributed by atoms with Crippen molar-refractivity contribution >= 4 is 11.5 Å². The summed E-state index contributed by atoms with van der Waals surface area (Å²) < 4.78 is 2.90. The summed E-state index contributed by atoms with van der Waals surface area (Å²) in [5, 5.41) is 6.78. The first-order valence-corrected chi connectivity index (χ1v) is 13.4. The van der Waals surface area contributed by atoms with E-state index in [1.165, 1.54) is 15.7 Å². The van der Waals surface area contributed by atoms with E-state index in [-0.39, 0.29) is 23.5 Å². The zero-order valence-corrected chi connectivity index (χ0v) is 22.1. The molecule has 8 heteroatoms. The highest BCUT2D eigenvalue weighted by Gasteiger charge is 2.30. The molecule has 8 nitrogen and oxygen atoms in total. The van der Waals surface area contributed by atoms with Gasteiger partial charge in [-0.2, -0.15) is 0 Å². The van der Waals surface area contributed by atoms with Crippen LogP contribution in [0.3, 0.4) is 0 Å². The van der Waals surface area contributed by atoms with Crippen molar-refractivity contribution < 1.29 is 0 Å². The van der Waals surface area contributed by atoms with Crippen molar-refractivity contribution in [1.82, 2.24) is 18.9 Å². The van der Waals surface area contributed by atoms with Crippen molar-refractivity contribution in [3.63, 3.8) is 0 Å². The highest BCUT2D eigenvalue weighted by molar-refractivity contribution is 5.69. The van der Waals surface area contributed by atoms with E-state index in [2.05, 4.69) is 94.9 Å². The minimum atomic E-state index is -0.269. The molecule has 5 rings (SSSR count). The number of piperazine rings is 1. The third kappa shape index (κ3) is 5.36. The Hall–Kier alpha value is -3.36. The third-order valence-corrected chi connectivity index (χ3v) is 7.46. The molecule has 0 saturated carbocycles. The monoisotopic (exact) mass is 502 g/mol. The number of benzene rings is 2. The molecule has 1 fully saturated rings. The molecule has 3 aromatic rings. The average molecular weight is 503 g/mol. The van der Waals surface area contributed by atoms with E-state index in [0.717, 1.165) is 39.1 Å². The second-order valence-corrected chi connectivity index (χ2v) is 10.6. The fourth-order valence-electron chi connectivity index (χ4n) is 5.54. The second kappa shape index (κ2) is 10.9. The lowest BCUT2D eigenvalue weighted by atomic mass is 9.96. The first-order valence-electron chi connectivity index (χ1n) is 13.4. The molecule has 37 heavy (non-hydrogen) atoms. The van der Waals surface area contributed by atoms with Gasteiger partial charge in [0.1, 0.15) is 11.5 Å². The van der Waals surface area contributed by atoms with E-state index in [0.29, 0.717) is 24.0 Å². The van der Waals surface area contributed by atoms with E-state index in [1.807, 2.05) is 0 Å². The van der Waals surface area contributed by atoms with Crippen LogP contribution in [0.15, 0.2) is 70.3 Å². The van der Waals surface area contributed by atoms with Gasteiger partial charge in [-0.05, 0) is 23.5 Å². The SMILES string of the molecule is CC(C)Cn1c2c(c(=O)n(C)c1=O)NC(CCN1CCN(C(c3ccccc3)c3ccccc3)CC1)N2. The van der Waals surface area contributed by atoms with Gasteiger partial charge >= 0.3 is 5.69 Å². The third-order valence-electron chi connectivity index (χ3n) is 7.46. The van der Waals surface area contributed by atoms with Crippen molar-refractivity contribution in [3.05, 3.63) is 92.6 Å². The quantitative estimate of drug-likeness (QED) is 0.493. The molecule has 1 aromatic heterocycles. The van der Waals surface area contributed by atoms with Gasteiger partial charge in [0, 0.05) is 46.3 Å². The minimum absolute atomic E-state index is 0.0673. The van der Waals surface area contributed by atoms with Crippen molar-refractivity contribution in [3.8, 4) is 0 Å². The number of hydrogen-bond donors (Lipinski definition) is 2. The summed E-state index contributed by atoms with van der Waals surface area (Å²) in [5.74, 6) is 0.928. The lowest BCUT2D eigenvalue weighted by molar-refractivity contribution is 0.108. The molecule has 3 heterocycles. The Balaban J connectivity index is 1.21. The molecule has 1 atom stereocenters. The van der Waals surface area contributed by atoms with Gasteiger partial charge < -0.3 is 15.5 Å². The van der Waals surface area contributed by atoms with Crippen LogP contribution in [0.5, 0.6) is 0 Å². The summed E-state index contributed by atoms with van der Waals surface area (Å²) in [5.41, 5.74) is 2.62. The van der Waals surface area contributed by atoms with Crippen LogP contribution in [0.25, 0.3) is 0 Å². The molecule has 2 aromatic carbocycles. The maximum Gasteiger partial charge on any atom is 0.332 e. The summed E-state index contributed by atoms with van der Waals surface area (Å²) in [6.45, 7) is 9.62. The lowest BCUT2D eigenvalue weighted by Crippen LogP contribution is -2.48. The number of nitrogens with one attached hydrogen (secondary N) is 2. The molecule has 0 radical (unpaired) electrons. The molecule has 1 unspecified atom stereocenters. The van der Waals surface area contributed by atoms with Gasteiger partial charge in [-0.15, -0.1) is 0 Å². The van der Waals surface area contributed by atoms with Crippen molar-refractivity contribution in [2.24, 2.45) is 13.0 Å². The Morgan fingerprint density at radius 2 is 1.46 bits per heavy atom. The van der Waals surface area contributed by atoms with Crippen LogP contribution in [0, 0.1) is 5.92 Å². The van der Waals surface area contributed by atoms with E-state index >= 15 is 0 Å². The maximum absolute atomic E-state index is 12.7. The van der Waals surface area contributed by atoms with Crippen LogP contribution < -0.4 is 21.9 Å². The molecule has 0 spiro atoms. The lowest BCUT2D eigenvalue weighted by Gasteiger charge is -2.40. The van der Waals surface area contributed by atoms with Gasteiger partial charge in [-0.25, -0.2) is 4.79 Å². The Bertz CT molecular complexity index is 1270. The van der Waals surface area contributed by atoms with E-state index in [9.17, 15) is 9.59 Å².